The number of nitrogens with zero attached hydrogens (tertiary/aromatic N) is 4. The third-order valence-electron chi connectivity index (χ3n) is 8.26. The smallest absolute Gasteiger partial charge is 0.416 e. The molecular weight excluding hydrogens is 742 g/mol. The predicted octanol–water partition coefficient (Wildman–Crippen LogP) is 2.93. The third-order valence-corrected chi connectivity index (χ3v) is 8.26. The zero-order valence-corrected chi connectivity index (χ0v) is 29.4. The van der Waals surface area contributed by atoms with Crippen molar-refractivity contribution in [2.24, 2.45) is 11.5 Å². The molecule has 298 valence electrons. The summed E-state index contributed by atoms with van der Waals surface area (Å²) in [6.45, 7) is -5.03. The molecule has 0 spiro atoms. The van der Waals surface area contributed by atoms with Crippen LogP contribution in [0.2, 0.25) is 0 Å². The molecule has 0 fully saturated rings. The number of carboxylic acids is 1. The fraction of sp³-hybridized carbons (Fsp3) is 0.389. The summed E-state index contributed by atoms with van der Waals surface area (Å²) in [6.07, 6.45) is -3.08. The van der Waals surface area contributed by atoms with Gasteiger partial charge in [0.1, 0.15) is 13.1 Å². The van der Waals surface area contributed by atoms with Crippen LogP contribution in [-0.2, 0) is 54.2 Å². The molecule has 55 heavy (non-hydrogen) atoms. The van der Waals surface area contributed by atoms with E-state index >= 15 is 0 Å². The molecule has 0 saturated carbocycles. The van der Waals surface area contributed by atoms with Gasteiger partial charge in [-0.3, -0.25) is 28.8 Å². The van der Waals surface area contributed by atoms with Gasteiger partial charge in [-0.2, -0.15) is 26.3 Å². The molecule has 0 aliphatic heterocycles. The van der Waals surface area contributed by atoms with Crippen molar-refractivity contribution in [3.05, 3.63) is 94.6 Å². The Hall–Kier alpha value is -5.72. The molecular formula is C36H40F6N6O7. The number of alkyl halides is 6. The first-order chi connectivity index (χ1) is 25.8. The van der Waals surface area contributed by atoms with E-state index in [0.717, 1.165) is 74.6 Å². The van der Waals surface area contributed by atoms with Crippen molar-refractivity contribution >= 4 is 35.5 Å². The first kappa shape index (κ1) is 43.7. The monoisotopic (exact) mass is 782 g/mol. The fourth-order valence-corrected chi connectivity index (χ4v) is 5.37. The molecule has 0 atom stereocenters. The van der Waals surface area contributed by atoms with E-state index in [1.165, 1.54) is 0 Å². The van der Waals surface area contributed by atoms with Crippen LogP contribution >= 0.6 is 0 Å². The number of carbonyl (C=O) groups excluding carboxylic acids is 5. The van der Waals surface area contributed by atoms with Crippen LogP contribution in [-0.4, -0.2) is 106 Å². The number of carboxylic acid groups (broad SMARTS) is 1. The van der Waals surface area contributed by atoms with Crippen LogP contribution < -0.4 is 11.5 Å². The summed E-state index contributed by atoms with van der Waals surface area (Å²) in [5, 5.41) is 9.13. The summed E-state index contributed by atoms with van der Waals surface area (Å²) < 4.78 is 79.6. The SMILES string of the molecule is NCC(=O)N(CCC(=O)O)CC(=O)N(CC(=O)N(CC(=O)N(CC(N)=O)CC1=CCCC=C1)Cc1ccc(C(F)(F)F)cc1)Cc1ccc(C(F)(F)F)cc1. The molecule has 0 saturated heterocycles. The lowest BCUT2D eigenvalue weighted by Gasteiger charge is -2.31. The summed E-state index contributed by atoms with van der Waals surface area (Å²) in [4.78, 5) is 80.8. The van der Waals surface area contributed by atoms with Gasteiger partial charge in [0, 0.05) is 26.2 Å². The minimum atomic E-state index is -4.69. The van der Waals surface area contributed by atoms with Crippen LogP contribution in [0.1, 0.15) is 41.5 Å². The molecule has 0 bridgehead atoms. The third kappa shape index (κ3) is 14.2. The summed E-state index contributed by atoms with van der Waals surface area (Å²) in [6, 6.07) is 7.30. The Labute approximate surface area is 311 Å². The molecule has 2 aromatic carbocycles. The second-order valence-electron chi connectivity index (χ2n) is 12.5. The summed E-state index contributed by atoms with van der Waals surface area (Å²) in [5.74, 6) is -5.68. The molecule has 5 N–H and O–H groups in total. The van der Waals surface area contributed by atoms with E-state index in [-0.39, 0.29) is 17.7 Å². The molecule has 3 rings (SSSR count). The molecule has 0 radical (unpaired) electrons. The Morgan fingerprint density at radius 1 is 0.618 bits per heavy atom. The predicted molar refractivity (Wildman–Crippen MR) is 184 cm³/mol. The molecule has 0 heterocycles. The van der Waals surface area contributed by atoms with Crippen LogP contribution in [0.5, 0.6) is 0 Å². The highest BCUT2D eigenvalue weighted by molar-refractivity contribution is 5.91. The lowest BCUT2D eigenvalue weighted by molar-refractivity contribution is -0.147. The number of nitrogens with two attached hydrogens (primary N) is 2. The minimum absolute atomic E-state index is 0.0690. The first-order valence-electron chi connectivity index (χ1n) is 16.8. The van der Waals surface area contributed by atoms with Gasteiger partial charge in [-0.05, 0) is 53.8 Å². The van der Waals surface area contributed by atoms with Crippen molar-refractivity contribution in [1.29, 1.82) is 0 Å². The normalized spacial score (nSPS) is 12.7. The summed E-state index contributed by atoms with van der Waals surface area (Å²) >= 11 is 0. The number of halogens is 6. The standard InChI is InChI=1S/C36H40F6N6O7/c37-35(38,39)27-10-6-25(7-11-27)18-47(31(51)21-45(30(50)16-43)15-14-34(54)55)23-33(53)48(19-26-8-12-28(13-9-26)36(40,41)42)22-32(52)46(20-29(44)49)17-24-4-2-1-3-5-24/h2,4-13H,1,3,14-23,43H2,(H2,44,49)(H,54,55). The van der Waals surface area contributed by atoms with Gasteiger partial charge in [-0.1, -0.05) is 42.5 Å². The Morgan fingerprint density at radius 2 is 1.05 bits per heavy atom. The molecule has 2 aromatic rings. The maximum Gasteiger partial charge on any atom is 0.416 e. The van der Waals surface area contributed by atoms with Crippen molar-refractivity contribution in [3.63, 3.8) is 0 Å². The van der Waals surface area contributed by atoms with Crippen molar-refractivity contribution < 1.29 is 60.2 Å². The number of rotatable bonds is 18. The highest BCUT2D eigenvalue weighted by atomic mass is 19.4. The van der Waals surface area contributed by atoms with Crippen LogP contribution in [0.15, 0.2) is 72.3 Å². The van der Waals surface area contributed by atoms with Crippen LogP contribution in [0.25, 0.3) is 0 Å². The molecule has 1 aliphatic rings. The lowest BCUT2D eigenvalue weighted by Crippen LogP contribution is -2.50. The van der Waals surface area contributed by atoms with E-state index in [1.807, 2.05) is 12.2 Å². The molecule has 13 nitrogen and oxygen atoms in total. The van der Waals surface area contributed by atoms with E-state index in [1.54, 1.807) is 6.08 Å². The average Bonchev–Trinajstić information content (AvgIpc) is 3.11. The number of allylic oxidation sites excluding steroid dienone is 2. The second-order valence-corrected chi connectivity index (χ2v) is 12.5. The molecule has 0 aromatic heterocycles. The van der Waals surface area contributed by atoms with Gasteiger partial charge in [0.2, 0.25) is 29.5 Å². The molecule has 0 unspecified atom stereocenters. The first-order valence-corrected chi connectivity index (χ1v) is 16.8. The zero-order chi connectivity index (χ0) is 40.9. The van der Waals surface area contributed by atoms with Gasteiger partial charge in [0.15, 0.2) is 0 Å². The van der Waals surface area contributed by atoms with Gasteiger partial charge in [-0.25, -0.2) is 0 Å². The van der Waals surface area contributed by atoms with Gasteiger partial charge >= 0.3 is 18.3 Å². The van der Waals surface area contributed by atoms with E-state index in [9.17, 15) is 55.1 Å². The number of hydrogen-bond acceptors (Lipinski definition) is 7. The highest BCUT2D eigenvalue weighted by Gasteiger charge is 2.32. The topological polar surface area (TPSA) is 188 Å². The number of benzene rings is 2. The van der Waals surface area contributed by atoms with Crippen LogP contribution in [0.3, 0.4) is 0 Å². The number of primary amides is 1. The van der Waals surface area contributed by atoms with Crippen molar-refractivity contribution in [2.75, 3.05) is 45.8 Å². The summed E-state index contributed by atoms with van der Waals surface area (Å²) in [7, 11) is 0. The lowest BCUT2D eigenvalue weighted by atomic mass is 10.1. The Bertz CT molecular complexity index is 1760. The second kappa shape index (κ2) is 19.6. The van der Waals surface area contributed by atoms with Gasteiger partial charge in [-0.15, -0.1) is 0 Å². The average molecular weight is 783 g/mol. The summed E-state index contributed by atoms with van der Waals surface area (Å²) in [5.41, 5.74) is 9.78. The number of aliphatic carboxylic acids is 1. The zero-order valence-electron chi connectivity index (χ0n) is 29.4. The van der Waals surface area contributed by atoms with Crippen molar-refractivity contribution in [1.82, 2.24) is 19.6 Å². The number of hydrogen-bond donors (Lipinski definition) is 3. The number of amides is 5. The van der Waals surface area contributed by atoms with Crippen LogP contribution in [0.4, 0.5) is 26.3 Å². The Balaban J connectivity index is 2.00. The van der Waals surface area contributed by atoms with Gasteiger partial charge in [0.25, 0.3) is 0 Å². The largest absolute Gasteiger partial charge is 0.481 e. The Morgan fingerprint density at radius 3 is 1.42 bits per heavy atom. The van der Waals surface area contributed by atoms with E-state index in [4.69, 9.17) is 16.6 Å². The maximum atomic E-state index is 14.1. The van der Waals surface area contributed by atoms with Crippen molar-refractivity contribution in [3.8, 4) is 0 Å². The van der Waals surface area contributed by atoms with Gasteiger partial charge in [0.05, 0.1) is 37.2 Å². The number of carbonyl (C=O) groups is 6. The Kier molecular flexibility index (Phi) is 15.5. The van der Waals surface area contributed by atoms with E-state index < -0.39 is 118 Å². The fourth-order valence-electron chi connectivity index (χ4n) is 5.37. The molecule has 5 amide bonds. The maximum absolute atomic E-state index is 14.1. The van der Waals surface area contributed by atoms with E-state index in [0.29, 0.717) is 12.0 Å². The highest BCUT2D eigenvalue weighted by Crippen LogP contribution is 2.30. The van der Waals surface area contributed by atoms with E-state index in [2.05, 4.69) is 0 Å². The minimum Gasteiger partial charge on any atom is -0.481 e. The van der Waals surface area contributed by atoms with Crippen LogP contribution in [0, 0.1) is 0 Å². The molecule has 19 heteroatoms. The quantitative estimate of drug-likeness (QED) is 0.193. The van der Waals surface area contributed by atoms with Gasteiger partial charge < -0.3 is 36.2 Å². The van der Waals surface area contributed by atoms with Crippen molar-refractivity contribution in [2.45, 2.75) is 44.7 Å². The molecule has 1 aliphatic carbocycles.